The topological polar surface area (TPSA) is 84.7 Å². The second kappa shape index (κ2) is 8.80. The van der Waals surface area contributed by atoms with Crippen molar-refractivity contribution >= 4 is 17.3 Å². The number of hydrogen-bond acceptors (Lipinski definition) is 4. The molecule has 0 aliphatic heterocycles. The molecule has 2 aromatic heterocycles. The van der Waals surface area contributed by atoms with E-state index in [2.05, 4.69) is 15.6 Å². The highest BCUT2D eigenvalue weighted by atomic mass is 16.5. The van der Waals surface area contributed by atoms with Gasteiger partial charge in [0.25, 0.3) is 11.8 Å². The van der Waals surface area contributed by atoms with Crippen LogP contribution in [-0.4, -0.2) is 47.5 Å². The van der Waals surface area contributed by atoms with E-state index >= 15 is 0 Å². The zero-order valence-electron chi connectivity index (χ0n) is 15.2. The fraction of sp³-hybridized carbons (Fsp3) is 0.526. The van der Waals surface area contributed by atoms with Crippen molar-refractivity contribution in [2.75, 3.05) is 20.3 Å². The third-order valence-corrected chi connectivity index (χ3v) is 4.75. The first-order chi connectivity index (χ1) is 12.7. The molecule has 2 amide bonds. The summed E-state index contributed by atoms with van der Waals surface area (Å²) in [5.41, 5.74) is 0.876. The molecule has 0 bridgehead atoms. The summed E-state index contributed by atoms with van der Waals surface area (Å²) < 4.78 is 6.63. The molecule has 0 radical (unpaired) electrons. The molecule has 0 aromatic carbocycles. The molecule has 1 fully saturated rings. The molecule has 0 spiro atoms. The van der Waals surface area contributed by atoms with Crippen molar-refractivity contribution in [2.24, 2.45) is 0 Å². The van der Waals surface area contributed by atoms with Gasteiger partial charge >= 0.3 is 0 Å². The van der Waals surface area contributed by atoms with Gasteiger partial charge in [0, 0.05) is 25.9 Å². The Kier molecular flexibility index (Phi) is 6.22. The van der Waals surface area contributed by atoms with E-state index in [1.807, 2.05) is 12.1 Å². The molecule has 1 aliphatic carbocycles. The van der Waals surface area contributed by atoms with Crippen LogP contribution in [0.25, 0.3) is 5.52 Å². The maximum absolute atomic E-state index is 12.8. The van der Waals surface area contributed by atoms with E-state index in [1.54, 1.807) is 23.8 Å². The van der Waals surface area contributed by atoms with Gasteiger partial charge < -0.3 is 15.4 Å². The largest absolute Gasteiger partial charge is 0.383 e. The number of pyridine rings is 1. The van der Waals surface area contributed by atoms with Crippen LogP contribution < -0.4 is 10.6 Å². The van der Waals surface area contributed by atoms with E-state index in [1.165, 1.54) is 12.8 Å². The van der Waals surface area contributed by atoms with E-state index in [-0.39, 0.29) is 29.4 Å². The number of aromatic nitrogens is 2. The summed E-state index contributed by atoms with van der Waals surface area (Å²) in [6.07, 6.45) is 8.49. The number of carbonyl (C=O) groups is 2. The van der Waals surface area contributed by atoms with Gasteiger partial charge in [0.1, 0.15) is 0 Å². The Balaban J connectivity index is 1.81. The average Bonchev–Trinajstić information content (AvgIpc) is 2.85. The number of nitrogens with one attached hydrogen (secondary N) is 2. The molecule has 140 valence electrons. The maximum Gasteiger partial charge on any atom is 0.287 e. The van der Waals surface area contributed by atoms with E-state index in [4.69, 9.17) is 4.74 Å². The van der Waals surface area contributed by atoms with Gasteiger partial charge in [0.2, 0.25) is 5.82 Å². The predicted octanol–water partition coefficient (Wildman–Crippen LogP) is 2.16. The number of carbonyl (C=O) groups excluding carboxylic acids is 2. The zero-order chi connectivity index (χ0) is 18.4. The van der Waals surface area contributed by atoms with Crippen LogP contribution in [-0.2, 0) is 4.74 Å². The summed E-state index contributed by atoms with van der Waals surface area (Å²) in [6.45, 7) is 0.817. The molecule has 2 heterocycles. The first-order valence-electron chi connectivity index (χ1n) is 9.26. The lowest BCUT2D eigenvalue weighted by atomic mass is 10.1. The zero-order valence-corrected chi connectivity index (χ0v) is 15.2. The van der Waals surface area contributed by atoms with Gasteiger partial charge in [-0.2, -0.15) is 0 Å². The molecule has 1 saturated carbocycles. The highest BCUT2D eigenvalue weighted by molar-refractivity contribution is 6.02. The molecule has 2 N–H and O–H groups in total. The number of ether oxygens (including phenoxy) is 1. The van der Waals surface area contributed by atoms with Crippen LogP contribution in [0.15, 0.2) is 24.4 Å². The SMILES string of the molecule is COCCNC(=O)c1nc(C(=O)NC2CCCCCC2)n2ccccc12. The van der Waals surface area contributed by atoms with Gasteiger partial charge in [-0.25, -0.2) is 4.98 Å². The normalized spacial score (nSPS) is 15.6. The number of nitrogens with zero attached hydrogens (tertiary/aromatic N) is 2. The highest BCUT2D eigenvalue weighted by Gasteiger charge is 2.23. The first kappa shape index (κ1) is 18.4. The van der Waals surface area contributed by atoms with Gasteiger partial charge in [-0.3, -0.25) is 14.0 Å². The maximum atomic E-state index is 12.8. The lowest BCUT2D eigenvalue weighted by molar-refractivity contribution is 0.0922. The van der Waals surface area contributed by atoms with Crippen molar-refractivity contribution in [3.05, 3.63) is 35.9 Å². The molecule has 3 rings (SSSR count). The Morgan fingerprint density at radius 1 is 1.19 bits per heavy atom. The molecular formula is C19H26N4O3. The van der Waals surface area contributed by atoms with Crippen molar-refractivity contribution in [3.8, 4) is 0 Å². The number of hydrogen-bond donors (Lipinski definition) is 2. The summed E-state index contributed by atoms with van der Waals surface area (Å²) in [7, 11) is 1.58. The van der Waals surface area contributed by atoms with E-state index in [0.29, 0.717) is 18.7 Å². The number of rotatable bonds is 6. The summed E-state index contributed by atoms with van der Waals surface area (Å²) in [4.78, 5) is 29.6. The predicted molar refractivity (Wildman–Crippen MR) is 98.4 cm³/mol. The summed E-state index contributed by atoms with van der Waals surface area (Å²) in [5, 5.41) is 5.86. The number of imidazole rings is 1. The van der Waals surface area contributed by atoms with E-state index in [9.17, 15) is 9.59 Å². The Hall–Kier alpha value is -2.41. The van der Waals surface area contributed by atoms with Crippen LogP contribution in [0.5, 0.6) is 0 Å². The number of methoxy groups -OCH3 is 1. The second-order valence-corrected chi connectivity index (χ2v) is 6.65. The van der Waals surface area contributed by atoms with Crippen LogP contribution in [0.3, 0.4) is 0 Å². The molecule has 1 aliphatic rings. The fourth-order valence-electron chi connectivity index (χ4n) is 3.39. The number of amides is 2. The fourth-order valence-corrected chi connectivity index (χ4v) is 3.39. The van der Waals surface area contributed by atoms with Gasteiger partial charge in [-0.1, -0.05) is 31.7 Å². The summed E-state index contributed by atoms with van der Waals surface area (Å²) in [5.74, 6) is -0.282. The van der Waals surface area contributed by atoms with Crippen molar-refractivity contribution in [1.82, 2.24) is 20.0 Å². The molecule has 0 unspecified atom stereocenters. The van der Waals surface area contributed by atoms with Gasteiger partial charge in [0.05, 0.1) is 12.1 Å². The third kappa shape index (κ3) is 4.22. The quantitative estimate of drug-likeness (QED) is 0.612. The Morgan fingerprint density at radius 3 is 2.69 bits per heavy atom. The minimum Gasteiger partial charge on any atom is -0.383 e. The minimum atomic E-state index is -0.306. The Bertz CT molecular complexity index is 763. The van der Waals surface area contributed by atoms with Crippen LogP contribution in [0, 0.1) is 0 Å². The summed E-state index contributed by atoms with van der Waals surface area (Å²) >= 11 is 0. The van der Waals surface area contributed by atoms with Crippen LogP contribution in [0.2, 0.25) is 0 Å². The lowest BCUT2D eigenvalue weighted by Gasteiger charge is -2.15. The molecular weight excluding hydrogens is 332 g/mol. The van der Waals surface area contributed by atoms with Crippen molar-refractivity contribution in [3.63, 3.8) is 0 Å². The van der Waals surface area contributed by atoms with Crippen LogP contribution >= 0.6 is 0 Å². The van der Waals surface area contributed by atoms with Crippen molar-refractivity contribution in [2.45, 2.75) is 44.6 Å². The van der Waals surface area contributed by atoms with Crippen molar-refractivity contribution < 1.29 is 14.3 Å². The molecule has 0 saturated heterocycles. The summed E-state index contributed by atoms with van der Waals surface area (Å²) in [6, 6.07) is 5.63. The number of fused-ring (bicyclic) bond motifs is 1. The monoisotopic (exact) mass is 358 g/mol. The average molecular weight is 358 g/mol. The van der Waals surface area contributed by atoms with Gasteiger partial charge in [0.15, 0.2) is 5.69 Å². The van der Waals surface area contributed by atoms with Gasteiger partial charge in [-0.05, 0) is 25.0 Å². The third-order valence-electron chi connectivity index (χ3n) is 4.75. The molecule has 7 nitrogen and oxygen atoms in total. The molecule has 26 heavy (non-hydrogen) atoms. The van der Waals surface area contributed by atoms with E-state index < -0.39 is 0 Å². The Labute approximate surface area is 153 Å². The molecule has 7 heteroatoms. The standard InChI is InChI=1S/C19H26N4O3/c1-26-13-11-20-18(24)16-15-10-6-7-12-23(15)17(22-16)19(25)21-14-8-4-2-3-5-9-14/h6-7,10,12,14H,2-5,8-9,11,13H2,1H3,(H,20,24)(H,21,25). The van der Waals surface area contributed by atoms with E-state index in [0.717, 1.165) is 25.7 Å². The second-order valence-electron chi connectivity index (χ2n) is 6.65. The van der Waals surface area contributed by atoms with Crippen LogP contribution in [0.1, 0.15) is 59.6 Å². The molecule has 0 atom stereocenters. The van der Waals surface area contributed by atoms with Crippen LogP contribution in [0.4, 0.5) is 0 Å². The highest BCUT2D eigenvalue weighted by Crippen LogP contribution is 2.18. The lowest BCUT2D eigenvalue weighted by Crippen LogP contribution is -2.35. The smallest absolute Gasteiger partial charge is 0.287 e. The minimum absolute atomic E-state index is 0.181. The Morgan fingerprint density at radius 2 is 1.96 bits per heavy atom. The first-order valence-corrected chi connectivity index (χ1v) is 9.26. The van der Waals surface area contributed by atoms with Gasteiger partial charge in [-0.15, -0.1) is 0 Å². The van der Waals surface area contributed by atoms with Crippen molar-refractivity contribution in [1.29, 1.82) is 0 Å². The molecule has 2 aromatic rings.